The molecular weight excluding hydrogens is 366 g/mol. The van der Waals surface area contributed by atoms with Gasteiger partial charge in [0.05, 0.1) is 37.5 Å². The molecule has 0 saturated carbocycles. The molecule has 144 valence electrons. The molecule has 1 aromatic carbocycles. The van der Waals surface area contributed by atoms with Gasteiger partial charge >= 0.3 is 0 Å². The fourth-order valence-electron chi connectivity index (χ4n) is 3.50. The van der Waals surface area contributed by atoms with Crippen molar-refractivity contribution < 1.29 is 9.53 Å². The van der Waals surface area contributed by atoms with Gasteiger partial charge in [-0.05, 0) is 25.0 Å². The van der Waals surface area contributed by atoms with Crippen LogP contribution in [0.4, 0.5) is 0 Å². The molecule has 27 heavy (non-hydrogen) atoms. The molecule has 2 saturated heterocycles. The Morgan fingerprint density at radius 3 is 2.56 bits per heavy atom. The number of hydrazine groups is 1. The highest BCUT2D eigenvalue weighted by atomic mass is 35.5. The molecule has 0 radical (unpaired) electrons. The van der Waals surface area contributed by atoms with Gasteiger partial charge in [-0.25, -0.2) is 14.7 Å². The second-order valence-corrected chi connectivity index (χ2v) is 7.24. The maximum Gasteiger partial charge on any atom is 0.285 e. The summed E-state index contributed by atoms with van der Waals surface area (Å²) in [5.74, 6) is 0.489. The topological polar surface area (TPSA) is 62.6 Å². The summed E-state index contributed by atoms with van der Waals surface area (Å²) in [6, 6.07) is 7.57. The normalized spacial score (nSPS) is 18.5. The van der Waals surface area contributed by atoms with E-state index in [1.807, 2.05) is 34.0 Å². The van der Waals surface area contributed by atoms with Gasteiger partial charge in [-0.1, -0.05) is 30.2 Å². The number of carbonyl (C=O) groups excluding carboxylic acids is 1. The summed E-state index contributed by atoms with van der Waals surface area (Å²) in [6.07, 6.45) is 5.22. The molecule has 2 fully saturated rings. The number of hydrogen-bond acceptors (Lipinski definition) is 5. The van der Waals surface area contributed by atoms with Gasteiger partial charge in [0, 0.05) is 18.7 Å². The molecule has 1 N–H and O–H groups in total. The highest BCUT2D eigenvalue weighted by molar-refractivity contribution is 6.33. The lowest BCUT2D eigenvalue weighted by molar-refractivity contribution is 0.0745. The number of amides is 1. The standard InChI is InChI=1S/C19H24ClN5O2/c20-16-7-3-2-6-15(16)18-21-17(14-25(18)24-10-12-27-13-11-24)19(26)22-23-8-4-1-5-9-23/h2-3,6-7,14H,1,4-5,8-13H2,(H,22,26). The van der Waals surface area contributed by atoms with Crippen LogP contribution in [0.1, 0.15) is 29.8 Å². The Morgan fingerprint density at radius 2 is 1.81 bits per heavy atom. The summed E-state index contributed by atoms with van der Waals surface area (Å²) >= 11 is 6.41. The quantitative estimate of drug-likeness (QED) is 0.869. The Labute approximate surface area is 163 Å². The van der Waals surface area contributed by atoms with Gasteiger partial charge in [-0.3, -0.25) is 10.2 Å². The Kier molecular flexibility index (Phi) is 5.61. The Balaban J connectivity index is 1.64. The van der Waals surface area contributed by atoms with Crippen LogP contribution in [0.2, 0.25) is 5.02 Å². The van der Waals surface area contributed by atoms with Crippen molar-refractivity contribution in [1.29, 1.82) is 0 Å². The van der Waals surface area contributed by atoms with Crippen molar-refractivity contribution in [2.24, 2.45) is 0 Å². The number of benzene rings is 1. The van der Waals surface area contributed by atoms with E-state index >= 15 is 0 Å². The van der Waals surface area contributed by atoms with Gasteiger partial charge in [0.1, 0.15) is 5.69 Å². The van der Waals surface area contributed by atoms with E-state index in [9.17, 15) is 4.79 Å². The molecule has 0 bridgehead atoms. The summed E-state index contributed by atoms with van der Waals surface area (Å²) in [5, 5.41) is 4.72. The molecule has 8 heteroatoms. The number of nitrogens with zero attached hydrogens (tertiary/aromatic N) is 4. The van der Waals surface area contributed by atoms with Gasteiger partial charge in [0.25, 0.3) is 5.91 Å². The first kappa shape index (κ1) is 18.3. The average Bonchev–Trinajstić information content (AvgIpc) is 3.15. The van der Waals surface area contributed by atoms with E-state index in [-0.39, 0.29) is 5.91 Å². The van der Waals surface area contributed by atoms with Gasteiger partial charge < -0.3 is 9.75 Å². The second kappa shape index (κ2) is 8.29. The van der Waals surface area contributed by atoms with E-state index in [2.05, 4.69) is 15.4 Å². The molecular formula is C19H24ClN5O2. The lowest BCUT2D eigenvalue weighted by Gasteiger charge is -2.30. The number of imidazole rings is 1. The molecule has 7 nitrogen and oxygen atoms in total. The van der Waals surface area contributed by atoms with Crippen LogP contribution in [0.25, 0.3) is 11.4 Å². The maximum absolute atomic E-state index is 12.8. The van der Waals surface area contributed by atoms with Gasteiger partial charge in [-0.15, -0.1) is 0 Å². The minimum atomic E-state index is -0.183. The van der Waals surface area contributed by atoms with Gasteiger partial charge in [0.15, 0.2) is 5.82 Å². The van der Waals surface area contributed by atoms with Gasteiger partial charge in [-0.2, -0.15) is 0 Å². The smallest absolute Gasteiger partial charge is 0.285 e. The van der Waals surface area contributed by atoms with Crippen LogP contribution in [0, 0.1) is 0 Å². The zero-order valence-electron chi connectivity index (χ0n) is 15.2. The van der Waals surface area contributed by atoms with Crippen molar-refractivity contribution >= 4 is 17.5 Å². The predicted molar refractivity (Wildman–Crippen MR) is 104 cm³/mol. The summed E-state index contributed by atoms with van der Waals surface area (Å²) < 4.78 is 7.40. The number of carbonyl (C=O) groups is 1. The Hall–Kier alpha value is -2.09. The lowest BCUT2D eigenvalue weighted by Crippen LogP contribution is -2.45. The monoisotopic (exact) mass is 389 g/mol. The second-order valence-electron chi connectivity index (χ2n) is 6.83. The minimum Gasteiger partial charge on any atom is -0.378 e. The number of hydrogen-bond donors (Lipinski definition) is 1. The van der Waals surface area contributed by atoms with Crippen LogP contribution < -0.4 is 10.4 Å². The predicted octanol–water partition coefficient (Wildman–Crippen LogP) is 2.30. The largest absolute Gasteiger partial charge is 0.378 e. The lowest BCUT2D eigenvalue weighted by atomic mass is 10.2. The van der Waals surface area contributed by atoms with Crippen molar-refractivity contribution in [1.82, 2.24) is 20.1 Å². The number of halogens is 1. The van der Waals surface area contributed by atoms with Crippen molar-refractivity contribution in [2.45, 2.75) is 19.3 Å². The number of ether oxygens (including phenoxy) is 1. The van der Waals surface area contributed by atoms with Crippen LogP contribution in [-0.2, 0) is 4.74 Å². The highest BCUT2D eigenvalue weighted by Crippen LogP contribution is 2.27. The summed E-state index contributed by atoms with van der Waals surface area (Å²) in [4.78, 5) is 17.4. The van der Waals surface area contributed by atoms with E-state index < -0.39 is 0 Å². The van der Waals surface area contributed by atoms with E-state index in [1.54, 1.807) is 6.20 Å². The SMILES string of the molecule is O=C(NN1CCCCC1)c1cn(N2CCOCC2)c(-c2ccccc2Cl)n1. The van der Waals surface area contributed by atoms with Crippen LogP contribution in [0.5, 0.6) is 0 Å². The number of piperidine rings is 1. The molecule has 4 rings (SSSR count). The summed E-state index contributed by atoms with van der Waals surface area (Å²) in [7, 11) is 0. The number of rotatable bonds is 4. The first-order valence-corrected chi connectivity index (χ1v) is 9.83. The fourth-order valence-corrected chi connectivity index (χ4v) is 3.72. The van der Waals surface area contributed by atoms with Gasteiger partial charge in [0.2, 0.25) is 0 Å². The molecule has 0 atom stereocenters. The van der Waals surface area contributed by atoms with E-state index in [0.717, 1.165) is 44.6 Å². The average molecular weight is 390 g/mol. The molecule has 3 heterocycles. The summed E-state index contributed by atoms with van der Waals surface area (Å²) in [6.45, 7) is 4.54. The van der Waals surface area contributed by atoms with Crippen molar-refractivity contribution in [3.05, 3.63) is 41.2 Å². The molecule has 2 aliphatic heterocycles. The van der Waals surface area contributed by atoms with E-state index in [4.69, 9.17) is 16.3 Å². The molecule has 0 aliphatic carbocycles. The zero-order valence-corrected chi connectivity index (χ0v) is 16.0. The third-order valence-electron chi connectivity index (χ3n) is 4.94. The van der Waals surface area contributed by atoms with E-state index in [0.29, 0.717) is 29.8 Å². The zero-order chi connectivity index (χ0) is 18.6. The van der Waals surface area contributed by atoms with Crippen molar-refractivity contribution in [3.8, 4) is 11.4 Å². The van der Waals surface area contributed by atoms with Crippen LogP contribution in [0.3, 0.4) is 0 Å². The Morgan fingerprint density at radius 1 is 1.07 bits per heavy atom. The fraction of sp³-hybridized carbons (Fsp3) is 0.474. The van der Waals surface area contributed by atoms with Crippen molar-refractivity contribution in [3.63, 3.8) is 0 Å². The number of nitrogens with one attached hydrogen (secondary N) is 1. The maximum atomic E-state index is 12.8. The molecule has 2 aromatic rings. The van der Waals surface area contributed by atoms with E-state index in [1.165, 1.54) is 6.42 Å². The molecule has 0 unspecified atom stereocenters. The molecule has 0 spiro atoms. The number of aromatic nitrogens is 2. The van der Waals surface area contributed by atoms with Crippen LogP contribution in [0.15, 0.2) is 30.5 Å². The van der Waals surface area contributed by atoms with Crippen LogP contribution >= 0.6 is 11.6 Å². The Bertz CT molecular complexity index is 797. The third-order valence-corrected chi connectivity index (χ3v) is 5.27. The first-order valence-electron chi connectivity index (χ1n) is 9.45. The van der Waals surface area contributed by atoms with Crippen molar-refractivity contribution in [2.75, 3.05) is 44.4 Å². The molecule has 1 aromatic heterocycles. The first-order chi connectivity index (χ1) is 13.2. The minimum absolute atomic E-state index is 0.183. The number of morpholine rings is 1. The van der Waals surface area contributed by atoms with Crippen LogP contribution in [-0.4, -0.2) is 60.0 Å². The summed E-state index contributed by atoms with van der Waals surface area (Å²) in [5.41, 5.74) is 4.19. The third kappa shape index (κ3) is 4.10. The molecule has 2 aliphatic rings. The molecule has 1 amide bonds. The highest BCUT2D eigenvalue weighted by Gasteiger charge is 2.23.